The zero-order valence-electron chi connectivity index (χ0n) is 10.8. The van der Waals surface area contributed by atoms with Crippen molar-refractivity contribution in [3.05, 3.63) is 34.7 Å². The average molecular weight is 279 g/mol. The van der Waals surface area contributed by atoms with Crippen LogP contribution in [0.15, 0.2) is 18.2 Å². The van der Waals surface area contributed by atoms with Gasteiger partial charge in [-0.2, -0.15) is 0 Å². The Hall–Kier alpha value is -1.35. The Balaban J connectivity index is 2.20. The normalized spacial score (nSPS) is 14.9. The van der Waals surface area contributed by atoms with Gasteiger partial charge < -0.3 is 5.32 Å². The average Bonchev–Trinajstić information content (AvgIpc) is 3.24. The number of aromatic nitrogens is 1. The molecule has 19 heavy (non-hydrogen) atoms. The molecule has 0 saturated heterocycles. The minimum Gasteiger partial charge on any atom is -0.384 e. The van der Waals surface area contributed by atoms with E-state index in [1.165, 1.54) is 6.07 Å². The molecule has 2 nitrogen and oxygen atoms in total. The van der Waals surface area contributed by atoms with Gasteiger partial charge in [0.05, 0.1) is 5.02 Å². The summed E-state index contributed by atoms with van der Waals surface area (Å²) in [5, 5.41) is 4.58. The smallest absolute Gasteiger partial charge is 0.149 e. The maximum Gasteiger partial charge on any atom is 0.149 e. The standard InChI is InChI=1S/C15H16ClFN2/c1-2-7-18-13-8-12(9-3-4-9)19-15-11(17)6-5-10(16)14(13)15/h5-6,8-9H,2-4,7H2,1H3,(H,18,19). The molecule has 1 N–H and O–H groups in total. The summed E-state index contributed by atoms with van der Waals surface area (Å²) in [7, 11) is 0. The van der Waals surface area contributed by atoms with Crippen LogP contribution in [0.1, 0.15) is 37.8 Å². The van der Waals surface area contributed by atoms with Crippen LogP contribution in [-0.4, -0.2) is 11.5 Å². The van der Waals surface area contributed by atoms with E-state index in [4.69, 9.17) is 11.6 Å². The number of hydrogen-bond acceptors (Lipinski definition) is 2. The van der Waals surface area contributed by atoms with Gasteiger partial charge >= 0.3 is 0 Å². The lowest BCUT2D eigenvalue weighted by atomic mass is 10.1. The second kappa shape index (κ2) is 4.97. The minimum atomic E-state index is -0.304. The Kier molecular flexibility index (Phi) is 3.31. The summed E-state index contributed by atoms with van der Waals surface area (Å²) < 4.78 is 14.0. The zero-order chi connectivity index (χ0) is 13.4. The second-order valence-electron chi connectivity index (χ2n) is 5.05. The molecule has 0 spiro atoms. The Morgan fingerprint density at radius 1 is 1.42 bits per heavy atom. The van der Waals surface area contributed by atoms with Crippen molar-refractivity contribution in [2.75, 3.05) is 11.9 Å². The number of nitrogens with one attached hydrogen (secondary N) is 1. The van der Waals surface area contributed by atoms with Crippen LogP contribution in [0.3, 0.4) is 0 Å². The molecule has 1 aliphatic rings. The first-order chi connectivity index (χ1) is 9.20. The predicted molar refractivity (Wildman–Crippen MR) is 77.5 cm³/mol. The van der Waals surface area contributed by atoms with E-state index in [2.05, 4.69) is 17.2 Å². The molecule has 1 fully saturated rings. The summed E-state index contributed by atoms with van der Waals surface area (Å²) in [6, 6.07) is 5.01. The summed E-state index contributed by atoms with van der Waals surface area (Å²) in [5.41, 5.74) is 2.26. The molecule has 1 aromatic carbocycles. The number of anilines is 1. The highest BCUT2D eigenvalue weighted by atomic mass is 35.5. The number of halogens is 2. The molecule has 0 atom stereocenters. The van der Waals surface area contributed by atoms with Gasteiger partial charge in [-0.1, -0.05) is 18.5 Å². The summed E-state index contributed by atoms with van der Waals surface area (Å²) in [6.07, 6.45) is 3.30. The van der Waals surface area contributed by atoms with E-state index in [1.54, 1.807) is 6.07 Å². The maximum atomic E-state index is 14.0. The predicted octanol–water partition coefficient (Wildman–Crippen LogP) is 4.73. The van der Waals surface area contributed by atoms with Crippen molar-refractivity contribution in [3.8, 4) is 0 Å². The first-order valence-corrected chi connectivity index (χ1v) is 7.11. The van der Waals surface area contributed by atoms with E-state index < -0.39 is 0 Å². The van der Waals surface area contributed by atoms with Crippen molar-refractivity contribution in [2.24, 2.45) is 0 Å². The Morgan fingerprint density at radius 2 is 2.21 bits per heavy atom. The van der Waals surface area contributed by atoms with Crippen molar-refractivity contribution in [1.29, 1.82) is 0 Å². The minimum absolute atomic E-state index is 0.304. The molecule has 2 aromatic rings. The van der Waals surface area contributed by atoms with Crippen LogP contribution in [0.5, 0.6) is 0 Å². The molecular formula is C15H16ClFN2. The third kappa shape index (κ3) is 2.39. The molecule has 1 aliphatic carbocycles. The lowest BCUT2D eigenvalue weighted by Gasteiger charge is -2.12. The molecule has 0 aliphatic heterocycles. The van der Waals surface area contributed by atoms with Gasteiger partial charge in [0.25, 0.3) is 0 Å². The van der Waals surface area contributed by atoms with Crippen molar-refractivity contribution < 1.29 is 4.39 Å². The van der Waals surface area contributed by atoms with Crippen LogP contribution in [0, 0.1) is 5.82 Å². The largest absolute Gasteiger partial charge is 0.384 e. The third-order valence-electron chi connectivity index (χ3n) is 3.44. The quantitative estimate of drug-likeness (QED) is 0.875. The number of fused-ring (bicyclic) bond motifs is 1. The number of benzene rings is 1. The molecule has 1 saturated carbocycles. The third-order valence-corrected chi connectivity index (χ3v) is 3.76. The molecule has 0 unspecified atom stereocenters. The van der Waals surface area contributed by atoms with Crippen LogP contribution in [0.2, 0.25) is 5.02 Å². The van der Waals surface area contributed by atoms with Crippen molar-refractivity contribution in [2.45, 2.75) is 32.1 Å². The fourth-order valence-corrected chi connectivity index (χ4v) is 2.53. The Labute approximate surface area is 117 Å². The first kappa shape index (κ1) is 12.7. The first-order valence-electron chi connectivity index (χ1n) is 6.73. The van der Waals surface area contributed by atoms with Gasteiger partial charge in [0, 0.05) is 29.2 Å². The van der Waals surface area contributed by atoms with Gasteiger partial charge in [-0.3, -0.25) is 0 Å². The van der Waals surface area contributed by atoms with E-state index in [0.717, 1.165) is 37.2 Å². The lowest BCUT2D eigenvalue weighted by Crippen LogP contribution is -2.03. The summed E-state index contributed by atoms with van der Waals surface area (Å²) in [5.74, 6) is 0.186. The van der Waals surface area contributed by atoms with Crippen LogP contribution in [-0.2, 0) is 0 Å². The van der Waals surface area contributed by atoms with Gasteiger partial charge in [-0.15, -0.1) is 0 Å². The molecule has 1 aromatic heterocycles. The van der Waals surface area contributed by atoms with E-state index in [9.17, 15) is 4.39 Å². The van der Waals surface area contributed by atoms with Crippen molar-refractivity contribution in [1.82, 2.24) is 4.98 Å². The fourth-order valence-electron chi connectivity index (χ4n) is 2.28. The van der Waals surface area contributed by atoms with E-state index in [0.29, 0.717) is 21.8 Å². The van der Waals surface area contributed by atoms with Gasteiger partial charge in [-0.25, -0.2) is 9.37 Å². The van der Waals surface area contributed by atoms with Gasteiger partial charge in [0.15, 0.2) is 0 Å². The van der Waals surface area contributed by atoms with E-state index >= 15 is 0 Å². The molecule has 0 bridgehead atoms. The van der Waals surface area contributed by atoms with Crippen molar-refractivity contribution >= 4 is 28.2 Å². The highest BCUT2D eigenvalue weighted by Gasteiger charge is 2.26. The summed E-state index contributed by atoms with van der Waals surface area (Å²) in [6.45, 7) is 2.94. The highest BCUT2D eigenvalue weighted by Crippen LogP contribution is 2.42. The Morgan fingerprint density at radius 3 is 2.89 bits per heavy atom. The van der Waals surface area contributed by atoms with Crippen LogP contribution in [0.25, 0.3) is 10.9 Å². The fraction of sp³-hybridized carbons (Fsp3) is 0.400. The number of hydrogen-bond donors (Lipinski definition) is 1. The zero-order valence-corrected chi connectivity index (χ0v) is 11.6. The molecule has 4 heteroatoms. The molecular weight excluding hydrogens is 263 g/mol. The van der Waals surface area contributed by atoms with E-state index in [-0.39, 0.29) is 5.82 Å². The van der Waals surface area contributed by atoms with E-state index in [1.807, 2.05) is 6.07 Å². The molecule has 100 valence electrons. The Bertz CT molecular complexity index is 623. The highest BCUT2D eigenvalue weighted by molar-refractivity contribution is 6.36. The van der Waals surface area contributed by atoms with Crippen LogP contribution in [0.4, 0.5) is 10.1 Å². The maximum absolute atomic E-state index is 14.0. The topological polar surface area (TPSA) is 24.9 Å². The van der Waals surface area contributed by atoms with Gasteiger partial charge in [0.1, 0.15) is 11.3 Å². The molecule has 0 radical (unpaired) electrons. The van der Waals surface area contributed by atoms with Crippen LogP contribution >= 0.6 is 11.6 Å². The molecule has 0 amide bonds. The second-order valence-corrected chi connectivity index (χ2v) is 5.46. The van der Waals surface area contributed by atoms with Gasteiger partial charge in [0.2, 0.25) is 0 Å². The SMILES string of the molecule is CCCNc1cc(C2CC2)nc2c(F)ccc(Cl)c12. The number of pyridine rings is 1. The molecule has 1 heterocycles. The molecule has 3 rings (SSSR count). The number of nitrogens with zero attached hydrogens (tertiary/aromatic N) is 1. The van der Waals surface area contributed by atoms with Crippen LogP contribution < -0.4 is 5.32 Å². The van der Waals surface area contributed by atoms with Crippen molar-refractivity contribution in [3.63, 3.8) is 0 Å². The lowest BCUT2D eigenvalue weighted by molar-refractivity contribution is 0.636. The summed E-state index contributed by atoms with van der Waals surface area (Å²) in [4.78, 5) is 4.47. The summed E-state index contributed by atoms with van der Waals surface area (Å²) >= 11 is 6.21. The number of rotatable bonds is 4. The van der Waals surface area contributed by atoms with Gasteiger partial charge in [-0.05, 0) is 37.5 Å². The monoisotopic (exact) mass is 278 g/mol.